The van der Waals surface area contributed by atoms with Gasteiger partial charge in [-0.15, -0.1) is 0 Å². The predicted molar refractivity (Wildman–Crippen MR) is 121 cm³/mol. The highest BCUT2D eigenvalue weighted by Gasteiger charge is 2.67. The smallest absolute Gasteiger partial charge is 0.248 e. The van der Waals surface area contributed by atoms with Gasteiger partial charge in [0.1, 0.15) is 6.04 Å². The van der Waals surface area contributed by atoms with E-state index in [0.29, 0.717) is 22.5 Å². The fraction of sp³-hybridized carbons (Fsp3) is 0.346. The molecule has 1 aliphatic heterocycles. The highest BCUT2D eigenvalue weighted by Crippen LogP contribution is 2.65. The Bertz CT molecular complexity index is 1110. The Morgan fingerprint density at radius 2 is 1.53 bits per heavy atom. The van der Waals surface area contributed by atoms with Gasteiger partial charge in [0.2, 0.25) is 17.7 Å². The summed E-state index contributed by atoms with van der Waals surface area (Å²) in [5, 5.41) is 3.26. The Morgan fingerprint density at radius 1 is 0.938 bits per heavy atom. The lowest BCUT2D eigenvalue weighted by molar-refractivity contribution is -0.146. The summed E-state index contributed by atoms with van der Waals surface area (Å²) >= 11 is 6.25. The van der Waals surface area contributed by atoms with E-state index >= 15 is 0 Å². The van der Waals surface area contributed by atoms with Gasteiger partial charge in [-0.1, -0.05) is 66.2 Å². The number of benzene rings is 2. The number of anilines is 1. The number of amides is 3. The second-order valence-electron chi connectivity index (χ2n) is 9.38. The van der Waals surface area contributed by atoms with Crippen LogP contribution in [-0.4, -0.2) is 28.7 Å². The number of hydrogen-bond acceptors (Lipinski definition) is 3. The molecule has 2 bridgehead atoms. The lowest BCUT2D eigenvalue weighted by Gasteiger charge is -2.37. The Hall–Kier alpha value is -2.92. The minimum atomic E-state index is -0.921. The highest BCUT2D eigenvalue weighted by atomic mass is 35.5. The molecular weight excluding hydrogens is 424 g/mol. The van der Waals surface area contributed by atoms with Crippen molar-refractivity contribution in [1.29, 1.82) is 0 Å². The molecule has 2 aromatic rings. The van der Waals surface area contributed by atoms with Crippen molar-refractivity contribution in [2.45, 2.75) is 18.9 Å². The number of carbonyl (C=O) groups is 3. The quantitative estimate of drug-likeness (QED) is 0.558. The topological polar surface area (TPSA) is 66.5 Å². The van der Waals surface area contributed by atoms with E-state index in [1.54, 1.807) is 24.3 Å². The summed E-state index contributed by atoms with van der Waals surface area (Å²) in [7, 11) is 0. The van der Waals surface area contributed by atoms with Crippen LogP contribution in [0.4, 0.5) is 5.69 Å². The van der Waals surface area contributed by atoms with Gasteiger partial charge in [0.05, 0.1) is 22.5 Å². The first-order valence-corrected chi connectivity index (χ1v) is 11.6. The molecule has 5 nitrogen and oxygen atoms in total. The molecule has 2 aromatic carbocycles. The lowest BCUT2D eigenvalue weighted by atomic mass is 9.63. The van der Waals surface area contributed by atoms with Crippen LogP contribution in [0, 0.1) is 35.5 Å². The number of likely N-dealkylation sites (tertiary alicyclic amines) is 1. The molecule has 0 radical (unpaired) electrons. The third-order valence-corrected chi connectivity index (χ3v) is 8.04. The maximum absolute atomic E-state index is 13.6. The third-order valence-electron chi connectivity index (χ3n) is 7.71. The molecular formula is C26H23ClN2O3. The molecule has 0 spiro atoms. The van der Waals surface area contributed by atoms with Crippen molar-refractivity contribution in [3.05, 3.63) is 77.3 Å². The predicted octanol–water partition coefficient (Wildman–Crippen LogP) is 3.94. The summed E-state index contributed by atoms with van der Waals surface area (Å²) in [5.74, 6) is -0.145. The normalized spacial score (nSPS) is 32.5. The molecule has 162 valence electrons. The molecule has 5 aliphatic rings. The number of para-hydroxylation sites is 1. The summed E-state index contributed by atoms with van der Waals surface area (Å²) in [6, 6.07) is 15.6. The first kappa shape index (κ1) is 19.7. The second-order valence-corrected chi connectivity index (χ2v) is 9.78. The zero-order valence-corrected chi connectivity index (χ0v) is 18.1. The molecule has 0 unspecified atom stereocenters. The molecule has 4 aliphatic carbocycles. The van der Waals surface area contributed by atoms with E-state index in [9.17, 15) is 14.4 Å². The van der Waals surface area contributed by atoms with E-state index in [2.05, 4.69) is 17.5 Å². The Labute approximate surface area is 191 Å². The summed E-state index contributed by atoms with van der Waals surface area (Å²) in [4.78, 5) is 42.0. The molecule has 1 N–H and O–H groups in total. The number of imide groups is 1. The first-order chi connectivity index (χ1) is 15.5. The fourth-order valence-corrected chi connectivity index (χ4v) is 6.39. The summed E-state index contributed by atoms with van der Waals surface area (Å²) < 4.78 is 0. The molecule has 3 fully saturated rings. The van der Waals surface area contributed by atoms with E-state index in [0.717, 1.165) is 12.0 Å². The van der Waals surface area contributed by atoms with E-state index < -0.39 is 11.9 Å². The largest absolute Gasteiger partial charge is 0.323 e. The van der Waals surface area contributed by atoms with Crippen molar-refractivity contribution >= 4 is 35.0 Å². The zero-order valence-electron chi connectivity index (χ0n) is 17.4. The van der Waals surface area contributed by atoms with Crippen molar-refractivity contribution in [2.24, 2.45) is 35.5 Å². The van der Waals surface area contributed by atoms with Crippen LogP contribution in [0.15, 0.2) is 66.7 Å². The number of allylic oxidation sites excluding steroid dienone is 2. The SMILES string of the molecule is O=C(Nc1ccccc1Cl)[C@@H](Cc1ccccc1)N1C(=O)[C@H]2[C@@H]3C=C[C@H]([C@H]4C[C@H]34)[C@@H]2C1=O. The van der Waals surface area contributed by atoms with Gasteiger partial charge < -0.3 is 5.32 Å². The van der Waals surface area contributed by atoms with Gasteiger partial charge in [0.15, 0.2) is 0 Å². The van der Waals surface area contributed by atoms with Crippen LogP contribution < -0.4 is 5.32 Å². The number of carbonyl (C=O) groups excluding carboxylic acids is 3. The van der Waals surface area contributed by atoms with Crippen LogP contribution in [-0.2, 0) is 20.8 Å². The average molecular weight is 447 g/mol. The summed E-state index contributed by atoms with van der Waals surface area (Å²) in [5.41, 5.74) is 1.36. The standard InChI is InChI=1S/C26H23ClN2O3/c27-19-8-4-5-9-20(19)28-24(30)21(12-14-6-2-1-3-7-14)29-25(31)22-15-10-11-16(18-13-17(15)18)23(22)26(29)32/h1-11,15-18,21-23H,12-13H2,(H,28,30)/t15-,16-,17-,18-,21-,22+,23+/m1/s1. The molecule has 0 aromatic heterocycles. The monoisotopic (exact) mass is 446 g/mol. The minimum Gasteiger partial charge on any atom is -0.323 e. The van der Waals surface area contributed by atoms with Crippen LogP contribution in [0.1, 0.15) is 12.0 Å². The van der Waals surface area contributed by atoms with Gasteiger partial charge in [-0.2, -0.15) is 0 Å². The average Bonchev–Trinajstić information content (AvgIpc) is 3.58. The van der Waals surface area contributed by atoms with Gasteiger partial charge in [-0.25, -0.2) is 0 Å². The van der Waals surface area contributed by atoms with Crippen LogP contribution in [0.3, 0.4) is 0 Å². The Balaban J connectivity index is 1.34. The summed E-state index contributed by atoms with van der Waals surface area (Å²) in [6.45, 7) is 0. The van der Waals surface area contributed by atoms with Gasteiger partial charge in [0, 0.05) is 6.42 Å². The van der Waals surface area contributed by atoms with Crippen molar-refractivity contribution in [2.75, 3.05) is 5.32 Å². The molecule has 1 heterocycles. The third kappa shape index (κ3) is 2.95. The van der Waals surface area contributed by atoms with E-state index in [1.165, 1.54) is 4.90 Å². The van der Waals surface area contributed by atoms with Crippen molar-refractivity contribution in [3.8, 4) is 0 Å². The molecule has 2 saturated carbocycles. The Kier molecular flexibility index (Phi) is 4.51. The van der Waals surface area contributed by atoms with Crippen LogP contribution in [0.5, 0.6) is 0 Å². The first-order valence-electron chi connectivity index (χ1n) is 11.2. The molecule has 7 rings (SSSR count). The number of rotatable bonds is 5. The minimum absolute atomic E-state index is 0.125. The number of hydrogen-bond donors (Lipinski definition) is 1. The van der Waals surface area contributed by atoms with Gasteiger partial charge in [0.25, 0.3) is 0 Å². The molecule has 6 heteroatoms. The van der Waals surface area contributed by atoms with Gasteiger partial charge >= 0.3 is 0 Å². The number of nitrogens with zero attached hydrogens (tertiary/aromatic N) is 1. The van der Waals surface area contributed by atoms with Gasteiger partial charge in [-0.05, 0) is 47.8 Å². The van der Waals surface area contributed by atoms with Crippen molar-refractivity contribution in [3.63, 3.8) is 0 Å². The van der Waals surface area contributed by atoms with Crippen LogP contribution in [0.2, 0.25) is 5.02 Å². The molecule has 7 atom stereocenters. The van der Waals surface area contributed by atoms with E-state index in [1.807, 2.05) is 30.3 Å². The fourth-order valence-electron chi connectivity index (χ4n) is 6.20. The lowest BCUT2D eigenvalue weighted by Crippen LogP contribution is -2.49. The van der Waals surface area contributed by atoms with Crippen molar-refractivity contribution < 1.29 is 14.4 Å². The highest BCUT2D eigenvalue weighted by molar-refractivity contribution is 6.33. The van der Waals surface area contributed by atoms with Gasteiger partial charge in [-0.3, -0.25) is 19.3 Å². The molecule has 1 saturated heterocycles. The molecule has 3 amide bonds. The second kappa shape index (κ2) is 7.31. The maximum Gasteiger partial charge on any atom is 0.248 e. The maximum atomic E-state index is 13.6. The van der Waals surface area contributed by atoms with Crippen LogP contribution in [0.25, 0.3) is 0 Å². The van der Waals surface area contributed by atoms with E-state index in [4.69, 9.17) is 11.6 Å². The summed E-state index contributed by atoms with van der Waals surface area (Å²) in [6.07, 6.45) is 5.66. The number of halogens is 1. The van der Waals surface area contributed by atoms with Crippen molar-refractivity contribution in [1.82, 2.24) is 4.90 Å². The number of nitrogens with one attached hydrogen (secondary N) is 1. The van der Waals surface area contributed by atoms with Crippen LogP contribution >= 0.6 is 11.6 Å². The van der Waals surface area contributed by atoms with E-state index in [-0.39, 0.29) is 41.9 Å². The Morgan fingerprint density at radius 3 is 2.16 bits per heavy atom. The molecule has 32 heavy (non-hydrogen) atoms. The zero-order chi connectivity index (χ0) is 22.0.